The van der Waals surface area contributed by atoms with Gasteiger partial charge in [-0.05, 0) is 49.2 Å². The molecule has 0 heterocycles. The van der Waals surface area contributed by atoms with Crippen molar-refractivity contribution >= 4 is 48.9 Å². The molecule has 0 aliphatic carbocycles. The van der Waals surface area contributed by atoms with E-state index >= 15 is 0 Å². The Labute approximate surface area is 158 Å². The molecule has 0 spiro atoms. The van der Waals surface area contributed by atoms with Gasteiger partial charge >= 0.3 is 0 Å². The number of benzene rings is 5. The third-order valence-electron chi connectivity index (χ3n) is 5.44. The maximum absolute atomic E-state index is 13.0. The van der Waals surface area contributed by atoms with E-state index in [4.69, 9.17) is 0 Å². The zero-order valence-electron chi connectivity index (χ0n) is 15.9. The molecule has 132 valence electrons. The zero-order chi connectivity index (χ0) is 18.8. The third kappa shape index (κ3) is 2.41. The molecule has 5 aromatic rings. The molecule has 0 aliphatic heterocycles. The van der Waals surface area contributed by atoms with Crippen molar-refractivity contribution in [1.82, 2.24) is 0 Å². The number of quaternary nitrogens is 1. The molecule has 2 heteroatoms. The minimum Gasteiger partial charge on any atom is -0.324 e. The van der Waals surface area contributed by atoms with Crippen molar-refractivity contribution in [3.63, 3.8) is 0 Å². The van der Waals surface area contributed by atoms with E-state index in [0.29, 0.717) is 11.0 Å². The summed E-state index contributed by atoms with van der Waals surface area (Å²) in [6, 6.07) is 23.5. The van der Waals surface area contributed by atoms with Crippen LogP contribution < -0.4 is 0 Å². The van der Waals surface area contributed by atoms with Gasteiger partial charge in [-0.15, -0.1) is 0 Å². The summed E-state index contributed by atoms with van der Waals surface area (Å²) in [5.74, 6) is 0.197. The molecule has 0 amide bonds. The molecule has 5 rings (SSSR count). The van der Waals surface area contributed by atoms with Crippen LogP contribution in [-0.2, 0) is 0 Å². The van der Waals surface area contributed by atoms with Crippen LogP contribution in [0.4, 0.5) is 0 Å². The van der Waals surface area contributed by atoms with Crippen molar-refractivity contribution in [2.75, 3.05) is 27.7 Å². The van der Waals surface area contributed by atoms with E-state index in [1.165, 1.54) is 37.7 Å². The number of nitrogens with zero attached hydrogens (tertiary/aromatic N) is 1. The highest BCUT2D eigenvalue weighted by Crippen LogP contribution is 2.40. The first-order chi connectivity index (χ1) is 12.9. The van der Waals surface area contributed by atoms with Crippen molar-refractivity contribution < 1.29 is 9.28 Å². The average Bonchev–Trinajstić information content (AvgIpc) is 2.64. The Morgan fingerprint density at radius 2 is 1.19 bits per heavy atom. The average molecular weight is 352 g/mol. The molecule has 27 heavy (non-hydrogen) atoms. The van der Waals surface area contributed by atoms with Gasteiger partial charge in [0.15, 0.2) is 0 Å². The molecule has 0 fully saturated rings. The maximum atomic E-state index is 13.0. The van der Waals surface area contributed by atoms with E-state index in [9.17, 15) is 4.79 Å². The van der Waals surface area contributed by atoms with Gasteiger partial charge in [0.25, 0.3) is 0 Å². The minimum absolute atomic E-state index is 0.197. The summed E-state index contributed by atoms with van der Waals surface area (Å²) in [7, 11) is 6.17. The number of Topliss-reactive ketones (excluding diaryl/α,β-unsaturated/α-hetero) is 1. The molecular weight excluding hydrogens is 330 g/mol. The smallest absolute Gasteiger partial charge is 0.217 e. The Bertz CT molecular complexity index is 1290. The third-order valence-corrected chi connectivity index (χ3v) is 5.44. The van der Waals surface area contributed by atoms with Crippen molar-refractivity contribution in [1.29, 1.82) is 0 Å². The van der Waals surface area contributed by atoms with Crippen LogP contribution in [-0.4, -0.2) is 38.0 Å². The number of carbonyl (C=O) groups is 1. The van der Waals surface area contributed by atoms with Crippen molar-refractivity contribution in [3.05, 3.63) is 72.3 Å². The molecule has 0 atom stereocenters. The summed E-state index contributed by atoms with van der Waals surface area (Å²) in [4.78, 5) is 13.0. The van der Waals surface area contributed by atoms with Crippen LogP contribution in [0.5, 0.6) is 0 Å². The van der Waals surface area contributed by atoms with Crippen LogP contribution in [0.1, 0.15) is 10.4 Å². The number of carbonyl (C=O) groups excluding carboxylic acids is 1. The Morgan fingerprint density at radius 1 is 0.667 bits per heavy atom. The zero-order valence-corrected chi connectivity index (χ0v) is 15.9. The number of hydrogen-bond acceptors (Lipinski definition) is 1. The van der Waals surface area contributed by atoms with Crippen molar-refractivity contribution in [3.8, 4) is 0 Å². The largest absolute Gasteiger partial charge is 0.324 e. The van der Waals surface area contributed by atoms with Crippen molar-refractivity contribution in [2.24, 2.45) is 0 Å². The van der Waals surface area contributed by atoms with Gasteiger partial charge in [-0.2, -0.15) is 0 Å². The van der Waals surface area contributed by atoms with Gasteiger partial charge in [0.2, 0.25) is 5.78 Å². The Balaban J connectivity index is 1.94. The standard InChI is InChI=1S/C25H22NO/c1-26(2,3)15-23(27)17-13-14-22-20-10-5-8-16-7-4-9-19(24(16)20)21-12-6-11-18(17)25(21)22/h4-14H,15H2,1-3H3/q+1. The lowest BCUT2D eigenvalue weighted by Crippen LogP contribution is -2.39. The van der Waals surface area contributed by atoms with Gasteiger partial charge in [0.05, 0.1) is 21.1 Å². The Kier molecular flexibility index (Phi) is 3.31. The molecule has 0 aromatic heterocycles. The van der Waals surface area contributed by atoms with E-state index in [1.54, 1.807) is 0 Å². The number of likely N-dealkylation sites (N-methyl/N-ethyl adjacent to an activating group) is 1. The fourth-order valence-corrected chi connectivity index (χ4v) is 4.40. The van der Waals surface area contributed by atoms with Crippen LogP contribution >= 0.6 is 0 Å². The number of fused-ring (bicyclic) bond motifs is 2. The van der Waals surface area contributed by atoms with Crippen molar-refractivity contribution in [2.45, 2.75) is 0 Å². The van der Waals surface area contributed by atoms with Crippen LogP contribution in [0.3, 0.4) is 0 Å². The Hall–Kier alpha value is -2.97. The second kappa shape index (κ2) is 5.51. The van der Waals surface area contributed by atoms with E-state index < -0.39 is 0 Å². The SMILES string of the molecule is C[N+](C)(C)CC(=O)c1ccc2c3cccc4cccc(c5cccc1c52)c43. The molecule has 0 radical (unpaired) electrons. The first-order valence-corrected chi connectivity index (χ1v) is 9.36. The molecule has 0 saturated carbocycles. The molecule has 2 nitrogen and oxygen atoms in total. The van der Waals surface area contributed by atoms with Gasteiger partial charge in [-0.3, -0.25) is 4.79 Å². The van der Waals surface area contributed by atoms with E-state index in [0.717, 1.165) is 10.9 Å². The lowest BCUT2D eigenvalue weighted by atomic mass is 9.88. The summed E-state index contributed by atoms with van der Waals surface area (Å²) >= 11 is 0. The fourth-order valence-electron chi connectivity index (χ4n) is 4.40. The number of ketones is 1. The number of rotatable bonds is 3. The van der Waals surface area contributed by atoms with E-state index in [-0.39, 0.29) is 5.78 Å². The number of hydrogen-bond donors (Lipinski definition) is 0. The molecule has 0 N–H and O–H groups in total. The van der Waals surface area contributed by atoms with Gasteiger partial charge < -0.3 is 4.48 Å². The summed E-state index contributed by atoms with van der Waals surface area (Å²) in [6.07, 6.45) is 0. The van der Waals surface area contributed by atoms with Crippen LogP contribution in [0, 0.1) is 0 Å². The van der Waals surface area contributed by atoms with Gasteiger partial charge in [-0.25, -0.2) is 0 Å². The second-order valence-corrected chi connectivity index (χ2v) is 8.47. The lowest BCUT2D eigenvalue weighted by molar-refractivity contribution is -0.861. The quantitative estimate of drug-likeness (QED) is 0.178. The topological polar surface area (TPSA) is 17.1 Å². The summed E-state index contributed by atoms with van der Waals surface area (Å²) in [5.41, 5.74) is 0.829. The van der Waals surface area contributed by atoms with E-state index in [2.05, 4.69) is 81.8 Å². The minimum atomic E-state index is 0.197. The highest BCUT2D eigenvalue weighted by molar-refractivity contribution is 6.34. The first kappa shape index (κ1) is 16.2. The van der Waals surface area contributed by atoms with Gasteiger partial charge in [-0.1, -0.05) is 60.7 Å². The lowest BCUT2D eigenvalue weighted by Gasteiger charge is -2.23. The molecule has 0 aliphatic rings. The van der Waals surface area contributed by atoms with Gasteiger partial charge in [0, 0.05) is 5.56 Å². The predicted molar refractivity (Wildman–Crippen MR) is 115 cm³/mol. The summed E-state index contributed by atoms with van der Waals surface area (Å²) < 4.78 is 0.629. The van der Waals surface area contributed by atoms with Crippen LogP contribution in [0.15, 0.2) is 66.7 Å². The monoisotopic (exact) mass is 352 g/mol. The van der Waals surface area contributed by atoms with E-state index in [1.807, 2.05) is 6.07 Å². The molecule has 0 bridgehead atoms. The second-order valence-electron chi connectivity index (χ2n) is 8.47. The maximum Gasteiger partial charge on any atom is 0.217 e. The normalized spacial score (nSPS) is 12.6. The van der Waals surface area contributed by atoms with Crippen LogP contribution in [0.2, 0.25) is 0 Å². The highest BCUT2D eigenvalue weighted by Gasteiger charge is 2.20. The summed E-state index contributed by atoms with van der Waals surface area (Å²) in [5, 5.41) is 9.82. The molecular formula is C25H22NO+. The first-order valence-electron chi connectivity index (χ1n) is 9.36. The summed E-state index contributed by atoms with van der Waals surface area (Å²) in [6.45, 7) is 0.491. The van der Waals surface area contributed by atoms with Crippen LogP contribution in [0.25, 0.3) is 43.1 Å². The highest BCUT2D eigenvalue weighted by atomic mass is 16.1. The molecule has 5 aromatic carbocycles. The predicted octanol–water partition coefficient (Wildman–Crippen LogP) is 5.63. The van der Waals surface area contributed by atoms with Gasteiger partial charge in [0.1, 0.15) is 6.54 Å². The molecule has 0 saturated heterocycles. The fraction of sp³-hybridized carbons (Fsp3) is 0.160. The Morgan fingerprint density at radius 3 is 1.81 bits per heavy atom. The molecule has 0 unspecified atom stereocenters.